The first-order chi connectivity index (χ1) is 27.0. The maximum absolute atomic E-state index is 14.1. The molecule has 0 saturated heterocycles. The highest BCUT2D eigenvalue weighted by Crippen LogP contribution is 2.27. The van der Waals surface area contributed by atoms with E-state index in [9.17, 15) is 33.9 Å². The maximum atomic E-state index is 14.1. The molecule has 0 aliphatic rings. The van der Waals surface area contributed by atoms with Crippen LogP contribution in [-0.2, 0) is 40.8 Å². The zero-order valence-electron chi connectivity index (χ0n) is 30.3. The Morgan fingerprint density at radius 3 is 1.98 bits per heavy atom. The Morgan fingerprint density at radius 2 is 1.27 bits per heavy atom. The van der Waals surface area contributed by atoms with Gasteiger partial charge in [0.2, 0.25) is 11.8 Å². The van der Waals surface area contributed by atoms with Crippen LogP contribution in [0.5, 0.6) is 5.75 Å². The van der Waals surface area contributed by atoms with Gasteiger partial charge in [0.1, 0.15) is 29.9 Å². The van der Waals surface area contributed by atoms with Crippen molar-refractivity contribution in [2.75, 3.05) is 6.54 Å². The van der Waals surface area contributed by atoms with Crippen LogP contribution in [0.4, 0.5) is 0 Å². The number of hydrogen-bond acceptors (Lipinski definition) is 7. The zero-order valence-corrected chi connectivity index (χ0v) is 30.3. The van der Waals surface area contributed by atoms with Crippen LogP contribution in [0.3, 0.4) is 0 Å². The number of aryl methyl sites for hydroxylation is 1. The molecule has 284 valence electrons. The lowest BCUT2D eigenvalue weighted by molar-refractivity contribution is -0.135. The van der Waals surface area contributed by atoms with Crippen LogP contribution < -0.4 is 26.8 Å². The number of aliphatic carboxylic acids is 1. The molecule has 0 saturated carbocycles. The van der Waals surface area contributed by atoms with Crippen LogP contribution in [0.25, 0.3) is 21.7 Å². The predicted molar refractivity (Wildman–Crippen MR) is 210 cm³/mol. The van der Waals surface area contributed by atoms with Crippen molar-refractivity contribution in [1.82, 2.24) is 25.8 Å². The molecular formula is C43H39N5O8. The molecule has 13 nitrogen and oxygen atoms in total. The number of nitrogens with zero attached hydrogens (tertiary/aromatic N) is 1. The third-order valence-electron chi connectivity index (χ3n) is 9.35. The van der Waals surface area contributed by atoms with E-state index in [2.05, 4.69) is 21.3 Å². The second-order valence-corrected chi connectivity index (χ2v) is 13.3. The van der Waals surface area contributed by atoms with Gasteiger partial charge in [-0.2, -0.15) is 0 Å². The van der Waals surface area contributed by atoms with Gasteiger partial charge in [0.05, 0.1) is 5.52 Å². The number of amides is 4. The number of nitrogens with one attached hydrogen (secondary N) is 4. The average Bonchev–Trinajstić information content (AvgIpc) is 3.21. The molecule has 1 aromatic heterocycles. The summed E-state index contributed by atoms with van der Waals surface area (Å²) < 4.78 is 1.16. The Balaban J connectivity index is 1.25. The Hall–Kier alpha value is -7.28. The minimum Gasteiger partial charge on any atom is -0.506 e. The van der Waals surface area contributed by atoms with Crippen molar-refractivity contribution in [3.05, 3.63) is 159 Å². The third-order valence-corrected chi connectivity index (χ3v) is 9.35. The fourth-order valence-electron chi connectivity index (χ4n) is 6.42. The van der Waals surface area contributed by atoms with Crippen LogP contribution >= 0.6 is 0 Å². The molecule has 0 unspecified atom stereocenters. The van der Waals surface area contributed by atoms with Crippen LogP contribution in [-0.4, -0.2) is 63.0 Å². The molecule has 0 spiro atoms. The Morgan fingerprint density at radius 1 is 0.643 bits per heavy atom. The number of fused-ring (bicyclic) bond motifs is 2. The lowest BCUT2D eigenvalue weighted by atomic mass is 9.99. The molecular weight excluding hydrogens is 714 g/mol. The number of carboxylic acids is 1. The summed E-state index contributed by atoms with van der Waals surface area (Å²) in [7, 11) is 1.41. The van der Waals surface area contributed by atoms with Gasteiger partial charge in [0.25, 0.3) is 17.4 Å². The fourth-order valence-corrected chi connectivity index (χ4v) is 6.42. The zero-order chi connectivity index (χ0) is 39.8. The van der Waals surface area contributed by atoms with E-state index in [1.54, 1.807) is 42.5 Å². The molecule has 0 aliphatic carbocycles. The van der Waals surface area contributed by atoms with Crippen molar-refractivity contribution >= 4 is 51.3 Å². The van der Waals surface area contributed by atoms with E-state index in [-0.39, 0.29) is 24.8 Å². The second-order valence-electron chi connectivity index (χ2n) is 13.3. The lowest BCUT2D eigenvalue weighted by Gasteiger charge is -2.24. The number of carboxylic acid groups (broad SMARTS) is 1. The summed E-state index contributed by atoms with van der Waals surface area (Å²) >= 11 is 0. The third kappa shape index (κ3) is 9.08. The monoisotopic (exact) mass is 753 g/mol. The van der Waals surface area contributed by atoms with Crippen molar-refractivity contribution in [2.45, 2.75) is 31.5 Å². The molecule has 5 aromatic carbocycles. The molecule has 4 amide bonds. The number of carbonyl (C=O) groups is 5. The SMILES string of the molecule is Cn1c(=O)c(C(=O)NCC(=O)O)c(O)c2cc(CNC(=O)[C@H](Cc3ccccc3)NC(=O)[C@H](Cc3ccc4ccccc4c3)NC(=O)c3ccccc3)ccc21. The summed E-state index contributed by atoms with van der Waals surface area (Å²) in [6.45, 7) is -0.820. The van der Waals surface area contributed by atoms with Gasteiger partial charge in [-0.15, -0.1) is 0 Å². The Bertz CT molecular complexity index is 2500. The van der Waals surface area contributed by atoms with Crippen molar-refractivity contribution in [2.24, 2.45) is 7.05 Å². The lowest BCUT2D eigenvalue weighted by Crippen LogP contribution is -2.55. The molecule has 56 heavy (non-hydrogen) atoms. The van der Waals surface area contributed by atoms with E-state index in [1.807, 2.05) is 72.8 Å². The Labute approximate surface area is 321 Å². The van der Waals surface area contributed by atoms with Gasteiger partial charge in [-0.3, -0.25) is 28.8 Å². The van der Waals surface area contributed by atoms with Gasteiger partial charge in [0, 0.05) is 37.4 Å². The second kappa shape index (κ2) is 17.2. The van der Waals surface area contributed by atoms with Crippen molar-refractivity contribution < 1.29 is 34.2 Å². The van der Waals surface area contributed by atoms with Gasteiger partial charge < -0.3 is 36.0 Å². The standard InChI is InChI=1S/C43H39N5O8/c1-48-35-19-17-28(21-32(35)38(51)37(43(48)56)42(55)45-25-36(49)50)24-44-40(53)33(22-26-10-4-2-5-11-26)47-41(54)34(46-39(52)30-13-6-3-7-14-30)23-27-16-18-29-12-8-9-15-31(29)20-27/h2-21,33-34,51H,22-25H2,1H3,(H,44,53)(H,45,55)(H,46,52)(H,47,54)(H,49,50)/t33-,34-/m0/s1. The number of aromatic nitrogens is 1. The number of benzene rings is 5. The largest absolute Gasteiger partial charge is 0.506 e. The summed E-state index contributed by atoms with van der Waals surface area (Å²) in [6.07, 6.45) is 0.275. The number of pyridine rings is 1. The van der Waals surface area contributed by atoms with E-state index in [4.69, 9.17) is 5.11 Å². The smallest absolute Gasteiger partial charge is 0.322 e. The Kier molecular flexibility index (Phi) is 11.8. The van der Waals surface area contributed by atoms with Crippen LogP contribution in [0, 0.1) is 0 Å². The molecule has 0 radical (unpaired) electrons. The molecule has 2 atom stereocenters. The quantitative estimate of drug-likeness (QED) is 0.0971. The highest BCUT2D eigenvalue weighted by molar-refractivity contribution is 6.03. The summed E-state index contributed by atoms with van der Waals surface area (Å²) in [5.74, 6) is -4.56. The minimum atomic E-state index is -1.33. The molecule has 6 aromatic rings. The molecule has 6 N–H and O–H groups in total. The predicted octanol–water partition coefficient (Wildman–Crippen LogP) is 3.60. The van der Waals surface area contributed by atoms with E-state index >= 15 is 0 Å². The molecule has 0 fully saturated rings. The molecule has 0 aliphatic heterocycles. The fraction of sp³-hybridized carbons (Fsp3) is 0.163. The van der Waals surface area contributed by atoms with Gasteiger partial charge in [-0.25, -0.2) is 0 Å². The normalized spacial score (nSPS) is 12.0. The average molecular weight is 754 g/mol. The topological polar surface area (TPSA) is 196 Å². The van der Waals surface area contributed by atoms with Crippen LogP contribution in [0.1, 0.15) is 37.4 Å². The van der Waals surface area contributed by atoms with Crippen molar-refractivity contribution in [1.29, 1.82) is 0 Å². The van der Waals surface area contributed by atoms with E-state index < -0.39 is 65.1 Å². The number of carbonyl (C=O) groups excluding carboxylic acids is 4. The van der Waals surface area contributed by atoms with Crippen molar-refractivity contribution in [3.63, 3.8) is 0 Å². The number of aromatic hydroxyl groups is 1. The number of rotatable bonds is 14. The van der Waals surface area contributed by atoms with Crippen molar-refractivity contribution in [3.8, 4) is 5.75 Å². The van der Waals surface area contributed by atoms with Gasteiger partial charge in [0.15, 0.2) is 0 Å². The maximum Gasteiger partial charge on any atom is 0.322 e. The number of hydrogen-bond donors (Lipinski definition) is 6. The van der Waals surface area contributed by atoms with E-state index in [0.29, 0.717) is 16.6 Å². The summed E-state index contributed by atoms with van der Waals surface area (Å²) in [5.41, 5.74) is 1.30. The summed E-state index contributed by atoms with van der Waals surface area (Å²) in [4.78, 5) is 78.0. The molecule has 13 heteroatoms. The van der Waals surface area contributed by atoms with Gasteiger partial charge >= 0.3 is 5.97 Å². The van der Waals surface area contributed by atoms with Crippen LogP contribution in [0.2, 0.25) is 0 Å². The van der Waals surface area contributed by atoms with E-state index in [0.717, 1.165) is 26.5 Å². The first kappa shape index (κ1) is 38.4. The molecule has 1 heterocycles. The summed E-state index contributed by atoms with van der Waals surface area (Å²) in [5, 5.41) is 32.8. The van der Waals surface area contributed by atoms with Crippen LogP contribution in [0.15, 0.2) is 126 Å². The first-order valence-corrected chi connectivity index (χ1v) is 17.8. The first-order valence-electron chi connectivity index (χ1n) is 17.8. The molecule has 0 bridgehead atoms. The summed E-state index contributed by atoms with van der Waals surface area (Å²) in [6, 6.07) is 33.8. The highest BCUT2D eigenvalue weighted by Gasteiger charge is 2.28. The van der Waals surface area contributed by atoms with E-state index in [1.165, 1.54) is 13.1 Å². The van der Waals surface area contributed by atoms with Gasteiger partial charge in [-0.05, 0) is 51.7 Å². The molecule has 6 rings (SSSR count). The van der Waals surface area contributed by atoms with Gasteiger partial charge in [-0.1, -0.05) is 97.1 Å². The highest BCUT2D eigenvalue weighted by atomic mass is 16.4. The minimum absolute atomic E-state index is 0.0655.